The van der Waals surface area contributed by atoms with Crippen molar-refractivity contribution >= 4 is 35.0 Å². The summed E-state index contributed by atoms with van der Waals surface area (Å²) in [6.07, 6.45) is 0.708. The molecule has 0 saturated heterocycles. The number of esters is 1. The van der Waals surface area contributed by atoms with Crippen LogP contribution in [0.1, 0.15) is 12.5 Å². The van der Waals surface area contributed by atoms with Crippen LogP contribution >= 0.6 is 7.26 Å². The molecule has 0 radical (unpaired) electrons. The van der Waals surface area contributed by atoms with Crippen LogP contribution in [0.3, 0.4) is 0 Å². The van der Waals surface area contributed by atoms with Gasteiger partial charge in [0.05, 0.1) is 19.8 Å². The molecule has 0 fully saturated rings. The van der Waals surface area contributed by atoms with Gasteiger partial charge in [-0.3, -0.25) is 9.79 Å². The zero-order valence-corrected chi connectivity index (χ0v) is 21.2. The Morgan fingerprint density at radius 2 is 1.28 bits per heavy atom. The molecule has 0 amide bonds. The van der Waals surface area contributed by atoms with Crippen LogP contribution in [-0.4, -0.2) is 31.7 Å². The molecule has 6 heteroatoms. The van der Waals surface area contributed by atoms with Gasteiger partial charge in [0.15, 0.2) is 11.5 Å². The summed E-state index contributed by atoms with van der Waals surface area (Å²) in [5.41, 5.74) is 0.380. The quantitative estimate of drug-likeness (QED) is 0.116. The predicted octanol–water partition coefficient (Wildman–Crippen LogP) is 3.72. The topological polar surface area (TPSA) is 70.9 Å². The van der Waals surface area contributed by atoms with E-state index in [1.54, 1.807) is 18.2 Å². The van der Waals surface area contributed by atoms with E-state index in [4.69, 9.17) is 9.47 Å². The highest BCUT2D eigenvalue weighted by Gasteiger charge is 2.44. The Morgan fingerprint density at radius 1 is 0.778 bits per heavy atom. The van der Waals surface area contributed by atoms with E-state index in [-0.39, 0.29) is 11.6 Å². The molecule has 0 unspecified atom stereocenters. The molecule has 0 aliphatic carbocycles. The van der Waals surface area contributed by atoms with Gasteiger partial charge < -0.3 is 14.6 Å². The Hall–Kier alpha value is -3.95. The van der Waals surface area contributed by atoms with Crippen LogP contribution in [0.2, 0.25) is 0 Å². The lowest BCUT2D eigenvalue weighted by Crippen LogP contribution is -2.34. The Kier molecular flexibility index (Phi) is 8.14. The lowest BCUT2D eigenvalue weighted by Gasteiger charge is -2.27. The molecule has 0 aromatic heterocycles. The second kappa shape index (κ2) is 11.7. The maximum absolute atomic E-state index is 13.0. The number of aliphatic imine (C=N–C) groups is 1. The Labute approximate surface area is 212 Å². The van der Waals surface area contributed by atoms with Crippen molar-refractivity contribution in [3.05, 3.63) is 115 Å². The number of ether oxygens (including phenoxy) is 2. The van der Waals surface area contributed by atoms with Crippen molar-refractivity contribution in [3.63, 3.8) is 0 Å². The molecule has 0 aliphatic heterocycles. The normalized spacial score (nSPS) is 11.7. The minimum absolute atomic E-state index is 0.267. The van der Waals surface area contributed by atoms with E-state index in [1.165, 1.54) is 29.9 Å². The number of rotatable bonds is 9. The highest BCUT2D eigenvalue weighted by atomic mass is 31.2. The second-order valence-electron chi connectivity index (χ2n) is 8.19. The van der Waals surface area contributed by atoms with E-state index < -0.39 is 13.2 Å². The average Bonchev–Trinajstić information content (AvgIpc) is 2.92. The fourth-order valence-corrected chi connectivity index (χ4v) is 8.43. The molecule has 4 aromatic rings. The molecule has 0 atom stereocenters. The largest absolute Gasteiger partial charge is 0.858 e. The molecular formula is C30H28NO4P. The smallest absolute Gasteiger partial charge is 0.308 e. The number of carbonyl (C=O) groups is 1. The molecule has 0 saturated carbocycles. The van der Waals surface area contributed by atoms with Crippen molar-refractivity contribution in [2.24, 2.45) is 4.99 Å². The summed E-state index contributed by atoms with van der Waals surface area (Å²) in [6, 6.07) is 36.2. The van der Waals surface area contributed by atoms with Crippen molar-refractivity contribution in [2.45, 2.75) is 6.92 Å². The Balaban J connectivity index is 1.71. The van der Waals surface area contributed by atoms with E-state index >= 15 is 0 Å². The molecule has 0 spiro atoms. The highest BCUT2D eigenvalue weighted by Crippen LogP contribution is 2.55. The summed E-state index contributed by atoms with van der Waals surface area (Å²) < 4.78 is 10.4. The summed E-state index contributed by atoms with van der Waals surface area (Å²) >= 11 is 0. The lowest BCUT2D eigenvalue weighted by atomic mass is 10.2. The van der Waals surface area contributed by atoms with Gasteiger partial charge in [0.2, 0.25) is 0 Å². The van der Waals surface area contributed by atoms with Gasteiger partial charge in [-0.25, -0.2) is 0 Å². The summed E-state index contributed by atoms with van der Waals surface area (Å²) in [5, 5.41) is 16.8. The molecule has 4 rings (SSSR count). The monoisotopic (exact) mass is 497 g/mol. The van der Waals surface area contributed by atoms with Gasteiger partial charge in [-0.15, -0.1) is 0 Å². The lowest BCUT2D eigenvalue weighted by molar-refractivity contribution is -0.213. The standard InChI is InChI=1S/C30H28NO4P/c1-23(32)35-28-19-18-24(22-29(28)34-2)30(33)31-20-21-36(25-12-6-3-7-13-25,26-14-8-4-9-15-26)27-16-10-5-11-17-27/h3-19,22H,20-21H2,1-2H3. The van der Waals surface area contributed by atoms with Gasteiger partial charge in [0, 0.05) is 6.92 Å². The number of hydrogen-bond donors (Lipinski definition) is 0. The van der Waals surface area contributed by atoms with Crippen LogP contribution < -0.4 is 30.5 Å². The third-order valence-electron chi connectivity index (χ3n) is 5.95. The molecule has 5 nitrogen and oxygen atoms in total. The first kappa shape index (κ1) is 25.2. The third-order valence-corrected chi connectivity index (χ3v) is 10.4. The zero-order valence-electron chi connectivity index (χ0n) is 20.3. The van der Waals surface area contributed by atoms with Crippen molar-refractivity contribution in [3.8, 4) is 11.5 Å². The zero-order chi connectivity index (χ0) is 25.4. The predicted molar refractivity (Wildman–Crippen MR) is 146 cm³/mol. The van der Waals surface area contributed by atoms with Crippen LogP contribution in [0, 0.1) is 0 Å². The fourth-order valence-electron chi connectivity index (χ4n) is 4.31. The molecule has 0 bridgehead atoms. The molecule has 36 heavy (non-hydrogen) atoms. The van der Waals surface area contributed by atoms with E-state index in [2.05, 4.69) is 77.8 Å². The van der Waals surface area contributed by atoms with E-state index in [0.717, 1.165) is 0 Å². The van der Waals surface area contributed by atoms with Crippen LogP contribution in [0.15, 0.2) is 114 Å². The third kappa shape index (κ3) is 5.48. The summed E-state index contributed by atoms with van der Waals surface area (Å²) in [5.74, 6) is -0.218. The summed E-state index contributed by atoms with van der Waals surface area (Å²) in [4.78, 5) is 15.8. The summed E-state index contributed by atoms with van der Waals surface area (Å²) in [6.45, 7) is 1.68. The van der Waals surface area contributed by atoms with Crippen molar-refractivity contribution in [1.29, 1.82) is 0 Å². The SMILES string of the molecule is COc1cc(C([O-])=NCC[P+](c2ccccc2)(c2ccccc2)c2ccccc2)ccc1OC(C)=O. The molecule has 0 aliphatic rings. The van der Waals surface area contributed by atoms with Gasteiger partial charge in [0.25, 0.3) is 0 Å². The average molecular weight is 498 g/mol. The molecule has 4 aromatic carbocycles. The van der Waals surface area contributed by atoms with Gasteiger partial charge in [-0.1, -0.05) is 60.7 Å². The molecular weight excluding hydrogens is 469 g/mol. The maximum Gasteiger partial charge on any atom is 0.308 e. The van der Waals surface area contributed by atoms with E-state index in [1.807, 2.05) is 18.2 Å². The van der Waals surface area contributed by atoms with Gasteiger partial charge >= 0.3 is 5.97 Å². The molecule has 0 N–H and O–H groups in total. The van der Waals surface area contributed by atoms with E-state index in [9.17, 15) is 9.90 Å². The van der Waals surface area contributed by atoms with Crippen LogP contribution in [0.25, 0.3) is 0 Å². The minimum atomic E-state index is -2.07. The molecule has 182 valence electrons. The highest BCUT2D eigenvalue weighted by molar-refractivity contribution is 7.95. The second-order valence-corrected chi connectivity index (χ2v) is 11.8. The van der Waals surface area contributed by atoms with Crippen LogP contribution in [0.5, 0.6) is 11.5 Å². The molecule has 0 heterocycles. The summed E-state index contributed by atoms with van der Waals surface area (Å²) in [7, 11) is -0.604. The minimum Gasteiger partial charge on any atom is -0.858 e. The number of methoxy groups -OCH3 is 1. The number of nitrogens with zero attached hydrogens (tertiary/aromatic N) is 1. The van der Waals surface area contributed by atoms with Gasteiger partial charge in [0.1, 0.15) is 23.2 Å². The number of carbonyl (C=O) groups excluding carboxylic acids is 1. The first-order valence-electron chi connectivity index (χ1n) is 11.7. The van der Waals surface area contributed by atoms with Gasteiger partial charge in [-0.2, -0.15) is 0 Å². The van der Waals surface area contributed by atoms with Crippen molar-refractivity contribution in [2.75, 3.05) is 19.8 Å². The first-order valence-corrected chi connectivity index (χ1v) is 13.6. The Morgan fingerprint density at radius 3 is 1.72 bits per heavy atom. The maximum atomic E-state index is 13.0. The Bertz CT molecular complexity index is 1230. The fraction of sp³-hybridized carbons (Fsp3) is 0.133. The van der Waals surface area contributed by atoms with E-state index in [0.29, 0.717) is 24.0 Å². The van der Waals surface area contributed by atoms with Crippen molar-refractivity contribution in [1.82, 2.24) is 0 Å². The number of benzene rings is 4. The van der Waals surface area contributed by atoms with Gasteiger partial charge in [-0.05, 0) is 60.0 Å². The van der Waals surface area contributed by atoms with Crippen LogP contribution in [-0.2, 0) is 4.79 Å². The number of hydrogen-bond acceptors (Lipinski definition) is 5. The first-order chi connectivity index (χ1) is 17.5. The van der Waals surface area contributed by atoms with Crippen molar-refractivity contribution < 1.29 is 19.4 Å². The van der Waals surface area contributed by atoms with Crippen LogP contribution in [0.4, 0.5) is 0 Å².